The number of anilines is 1. The molecule has 0 fully saturated rings. The van der Waals surface area contributed by atoms with Crippen LogP contribution in [0.4, 0.5) is 10.5 Å². The van der Waals surface area contributed by atoms with Crippen LogP contribution in [0, 0.1) is 0 Å². The Morgan fingerprint density at radius 1 is 0.923 bits per heavy atom. The van der Waals surface area contributed by atoms with Crippen LogP contribution in [-0.2, 0) is 6.42 Å². The first-order valence-electron chi connectivity index (χ1n) is 9.01. The number of amides is 2. The zero-order valence-corrected chi connectivity index (χ0v) is 14.8. The molecule has 0 aromatic heterocycles. The summed E-state index contributed by atoms with van der Waals surface area (Å²) in [6.45, 7) is 2.02. The number of hydrogen-bond acceptors (Lipinski definition) is 1. The van der Waals surface area contributed by atoms with Gasteiger partial charge >= 0.3 is 6.03 Å². The molecule has 3 aromatic rings. The molecule has 3 aromatic carbocycles. The molecule has 2 atom stereocenters. The van der Waals surface area contributed by atoms with E-state index in [0.717, 1.165) is 23.2 Å². The van der Waals surface area contributed by atoms with Gasteiger partial charge in [0.25, 0.3) is 0 Å². The maximum atomic E-state index is 13.2. The summed E-state index contributed by atoms with van der Waals surface area (Å²) < 4.78 is 0. The van der Waals surface area contributed by atoms with Gasteiger partial charge in [0.1, 0.15) is 0 Å². The molecule has 1 aliphatic rings. The van der Waals surface area contributed by atoms with Crippen LogP contribution in [-0.4, -0.2) is 6.03 Å². The topological polar surface area (TPSA) is 32.3 Å². The molecule has 1 N–H and O–H groups in total. The Labute approximate surface area is 154 Å². The lowest BCUT2D eigenvalue weighted by molar-refractivity contribution is 0.242. The van der Waals surface area contributed by atoms with Crippen LogP contribution in [0.1, 0.15) is 35.7 Å². The average Bonchev–Trinajstić information content (AvgIpc) is 3.09. The quantitative estimate of drug-likeness (QED) is 0.692. The third-order valence-electron chi connectivity index (χ3n) is 5.02. The molecule has 0 bridgehead atoms. The van der Waals surface area contributed by atoms with Gasteiger partial charge in [-0.3, -0.25) is 4.90 Å². The van der Waals surface area contributed by atoms with E-state index in [1.165, 1.54) is 5.56 Å². The Kier molecular flexibility index (Phi) is 4.44. The second-order valence-corrected chi connectivity index (χ2v) is 6.71. The van der Waals surface area contributed by atoms with Crippen molar-refractivity contribution in [2.45, 2.75) is 25.4 Å². The summed E-state index contributed by atoms with van der Waals surface area (Å²) >= 11 is 0. The molecule has 1 unspecified atom stereocenters. The van der Waals surface area contributed by atoms with E-state index >= 15 is 0 Å². The Bertz CT molecular complexity index is 892. The summed E-state index contributed by atoms with van der Waals surface area (Å²) in [5.41, 5.74) is 4.47. The normalized spacial score (nSPS) is 16.8. The van der Waals surface area contributed by atoms with Crippen LogP contribution in [0.15, 0.2) is 84.9 Å². The molecule has 0 radical (unpaired) electrons. The summed E-state index contributed by atoms with van der Waals surface area (Å²) in [5.74, 6) is 0. The lowest BCUT2D eigenvalue weighted by Crippen LogP contribution is -2.41. The third-order valence-corrected chi connectivity index (χ3v) is 5.02. The maximum Gasteiger partial charge on any atom is 0.322 e. The van der Waals surface area contributed by atoms with E-state index < -0.39 is 0 Å². The highest BCUT2D eigenvalue weighted by atomic mass is 16.2. The smallest absolute Gasteiger partial charge is 0.322 e. The molecule has 0 spiro atoms. The summed E-state index contributed by atoms with van der Waals surface area (Å²) in [6, 6.07) is 28.4. The molecule has 3 nitrogen and oxygen atoms in total. The molecular formula is C23H22N2O. The summed E-state index contributed by atoms with van der Waals surface area (Å²) in [5, 5.41) is 3.17. The highest BCUT2D eigenvalue weighted by Crippen LogP contribution is 2.40. The van der Waals surface area contributed by atoms with Crippen molar-refractivity contribution in [3.63, 3.8) is 0 Å². The van der Waals surface area contributed by atoms with Gasteiger partial charge in [0.05, 0.1) is 12.1 Å². The molecule has 0 aliphatic carbocycles. The van der Waals surface area contributed by atoms with Gasteiger partial charge in [0.15, 0.2) is 0 Å². The van der Waals surface area contributed by atoms with Crippen LogP contribution >= 0.6 is 0 Å². The fraction of sp³-hybridized carbons (Fsp3) is 0.174. The van der Waals surface area contributed by atoms with Crippen molar-refractivity contribution < 1.29 is 4.79 Å². The molecule has 2 amide bonds. The number of benzene rings is 3. The molecule has 0 saturated heterocycles. The molecule has 3 heteroatoms. The Balaban J connectivity index is 1.63. The predicted molar refractivity (Wildman–Crippen MR) is 105 cm³/mol. The minimum atomic E-state index is -0.0554. The average molecular weight is 342 g/mol. The monoisotopic (exact) mass is 342 g/mol. The summed E-state index contributed by atoms with van der Waals surface area (Å²) in [6.07, 6.45) is 0.841. The van der Waals surface area contributed by atoms with Crippen LogP contribution in [0.3, 0.4) is 0 Å². The second-order valence-electron chi connectivity index (χ2n) is 6.71. The van der Waals surface area contributed by atoms with Gasteiger partial charge in [0, 0.05) is 5.69 Å². The minimum Gasteiger partial charge on any atom is -0.331 e. The van der Waals surface area contributed by atoms with E-state index in [9.17, 15) is 4.79 Å². The fourth-order valence-corrected chi connectivity index (χ4v) is 3.66. The van der Waals surface area contributed by atoms with Gasteiger partial charge in [-0.05, 0) is 36.1 Å². The van der Waals surface area contributed by atoms with Crippen molar-refractivity contribution in [2.75, 3.05) is 4.90 Å². The number of nitrogens with zero attached hydrogens (tertiary/aromatic N) is 1. The summed E-state index contributed by atoms with van der Waals surface area (Å²) in [4.78, 5) is 15.1. The Morgan fingerprint density at radius 2 is 1.54 bits per heavy atom. The molecule has 0 saturated carbocycles. The summed E-state index contributed by atoms with van der Waals surface area (Å²) in [7, 11) is 0. The first-order valence-corrected chi connectivity index (χ1v) is 9.01. The molecule has 1 heterocycles. The van der Waals surface area contributed by atoms with Gasteiger partial charge in [0.2, 0.25) is 0 Å². The maximum absolute atomic E-state index is 13.2. The number of rotatable bonds is 3. The van der Waals surface area contributed by atoms with Crippen molar-refractivity contribution >= 4 is 11.7 Å². The zero-order chi connectivity index (χ0) is 17.9. The Hall–Kier alpha value is -3.07. The van der Waals surface area contributed by atoms with Gasteiger partial charge in [-0.25, -0.2) is 4.79 Å². The first-order chi connectivity index (χ1) is 12.7. The first kappa shape index (κ1) is 16.4. The molecule has 1 aliphatic heterocycles. The van der Waals surface area contributed by atoms with E-state index in [1.807, 2.05) is 78.6 Å². The fourth-order valence-electron chi connectivity index (χ4n) is 3.66. The van der Waals surface area contributed by atoms with Crippen molar-refractivity contribution in [1.82, 2.24) is 5.32 Å². The largest absolute Gasteiger partial charge is 0.331 e. The molecule has 4 rings (SSSR count). The van der Waals surface area contributed by atoms with Crippen molar-refractivity contribution in [3.05, 3.63) is 102 Å². The highest BCUT2D eigenvalue weighted by molar-refractivity contribution is 5.95. The number of carbonyl (C=O) groups is 1. The number of carbonyl (C=O) groups excluding carboxylic acids is 1. The van der Waals surface area contributed by atoms with Crippen molar-refractivity contribution in [1.29, 1.82) is 0 Å². The van der Waals surface area contributed by atoms with Crippen LogP contribution in [0.25, 0.3) is 0 Å². The van der Waals surface area contributed by atoms with E-state index in [1.54, 1.807) is 0 Å². The standard InChI is InChI=1S/C23H22N2O/c1-17(18-10-4-2-5-11-18)24-23(26)25-21-15-9-8-14-20(21)16-22(25)19-12-6-3-7-13-19/h2-15,17,22H,16H2,1H3,(H,24,26)/t17-,22?/m1/s1. The van der Waals surface area contributed by atoms with Gasteiger partial charge in [-0.1, -0.05) is 78.9 Å². The van der Waals surface area contributed by atoms with E-state index in [2.05, 4.69) is 23.5 Å². The zero-order valence-electron chi connectivity index (χ0n) is 14.8. The van der Waals surface area contributed by atoms with Crippen LogP contribution in [0.5, 0.6) is 0 Å². The molecule has 26 heavy (non-hydrogen) atoms. The lowest BCUT2D eigenvalue weighted by Gasteiger charge is -2.28. The number of para-hydroxylation sites is 1. The predicted octanol–water partition coefficient (Wildman–Crippen LogP) is 5.26. The second kappa shape index (κ2) is 7.04. The van der Waals surface area contributed by atoms with E-state index in [4.69, 9.17) is 0 Å². The van der Waals surface area contributed by atoms with Crippen molar-refractivity contribution in [3.8, 4) is 0 Å². The number of fused-ring (bicyclic) bond motifs is 1. The number of nitrogens with one attached hydrogen (secondary N) is 1. The third kappa shape index (κ3) is 3.08. The minimum absolute atomic E-state index is 0.0246. The molecular weight excluding hydrogens is 320 g/mol. The Morgan fingerprint density at radius 3 is 2.27 bits per heavy atom. The van der Waals surface area contributed by atoms with Gasteiger partial charge in [-0.2, -0.15) is 0 Å². The number of hydrogen-bond donors (Lipinski definition) is 1. The van der Waals surface area contributed by atoms with Crippen LogP contribution < -0.4 is 10.2 Å². The van der Waals surface area contributed by atoms with Gasteiger partial charge < -0.3 is 5.32 Å². The van der Waals surface area contributed by atoms with E-state index in [-0.39, 0.29) is 18.1 Å². The van der Waals surface area contributed by atoms with Crippen molar-refractivity contribution in [2.24, 2.45) is 0 Å². The van der Waals surface area contributed by atoms with Gasteiger partial charge in [-0.15, -0.1) is 0 Å². The SMILES string of the molecule is C[C@@H](NC(=O)N1c2ccccc2CC1c1ccccc1)c1ccccc1. The van der Waals surface area contributed by atoms with Crippen LogP contribution in [0.2, 0.25) is 0 Å². The van der Waals surface area contributed by atoms with E-state index in [0.29, 0.717) is 0 Å². The highest BCUT2D eigenvalue weighted by Gasteiger charge is 2.35. The number of urea groups is 1. The lowest BCUT2D eigenvalue weighted by atomic mass is 10.0. The molecule has 130 valence electrons.